The number of aromatic nitrogens is 1. The zero-order valence-corrected chi connectivity index (χ0v) is 11.0. The molecule has 2 N–H and O–H groups in total. The second kappa shape index (κ2) is 5.13. The van der Waals surface area contributed by atoms with Crippen molar-refractivity contribution in [3.05, 3.63) is 48.4 Å². The normalized spacial score (nSPS) is 10.7. The van der Waals surface area contributed by atoms with Crippen LogP contribution in [0.2, 0.25) is 0 Å². The number of oxazole rings is 1. The summed E-state index contributed by atoms with van der Waals surface area (Å²) >= 11 is 0. The van der Waals surface area contributed by atoms with E-state index >= 15 is 0 Å². The maximum atomic E-state index is 5.69. The first-order valence-corrected chi connectivity index (χ1v) is 6.17. The van der Waals surface area contributed by atoms with Crippen LogP contribution >= 0.6 is 0 Å². The Morgan fingerprint density at radius 3 is 2.85 bits per heavy atom. The zero-order chi connectivity index (χ0) is 13.9. The number of nitrogens with two attached hydrogens (primary N) is 1. The number of para-hydroxylation sites is 1. The van der Waals surface area contributed by atoms with Gasteiger partial charge in [-0.05, 0) is 24.3 Å². The standard InChI is InChI=1S/C15H14N2O3/c1-18-12-6-3-7-13-15(12)17-14(20-13)9-19-11-5-2-4-10(16)8-11/h2-8H,9,16H2,1H3. The number of nitrogen functional groups attached to an aromatic ring is 1. The summed E-state index contributed by atoms with van der Waals surface area (Å²) in [6.07, 6.45) is 0. The van der Waals surface area contributed by atoms with E-state index in [9.17, 15) is 0 Å². The highest BCUT2D eigenvalue weighted by Crippen LogP contribution is 2.26. The van der Waals surface area contributed by atoms with Gasteiger partial charge in [0.15, 0.2) is 17.7 Å². The van der Waals surface area contributed by atoms with Crippen molar-refractivity contribution in [2.24, 2.45) is 0 Å². The third kappa shape index (κ3) is 2.38. The van der Waals surface area contributed by atoms with Gasteiger partial charge in [0.1, 0.15) is 11.5 Å². The SMILES string of the molecule is COc1cccc2oc(COc3cccc(N)c3)nc12. The second-order valence-corrected chi connectivity index (χ2v) is 4.28. The molecule has 0 bridgehead atoms. The molecule has 0 radical (unpaired) electrons. The molecule has 5 heteroatoms. The minimum atomic E-state index is 0.237. The molecule has 0 aliphatic carbocycles. The Morgan fingerprint density at radius 2 is 2.05 bits per heavy atom. The smallest absolute Gasteiger partial charge is 0.233 e. The molecule has 0 aliphatic rings. The van der Waals surface area contributed by atoms with Gasteiger partial charge in [0.05, 0.1) is 7.11 Å². The van der Waals surface area contributed by atoms with Crippen molar-refractivity contribution >= 4 is 16.8 Å². The summed E-state index contributed by atoms with van der Waals surface area (Å²) in [6.45, 7) is 0.237. The largest absolute Gasteiger partial charge is 0.494 e. The van der Waals surface area contributed by atoms with Crippen LogP contribution in [0.25, 0.3) is 11.1 Å². The topological polar surface area (TPSA) is 70.5 Å². The van der Waals surface area contributed by atoms with Gasteiger partial charge >= 0.3 is 0 Å². The Bertz CT molecular complexity index is 737. The van der Waals surface area contributed by atoms with Gasteiger partial charge < -0.3 is 19.6 Å². The van der Waals surface area contributed by atoms with E-state index in [0.717, 1.165) is 0 Å². The summed E-state index contributed by atoms with van der Waals surface area (Å²) in [5.41, 5.74) is 7.72. The third-order valence-corrected chi connectivity index (χ3v) is 2.87. The van der Waals surface area contributed by atoms with E-state index in [4.69, 9.17) is 19.6 Å². The van der Waals surface area contributed by atoms with Crippen LogP contribution in [0.3, 0.4) is 0 Å². The Hall–Kier alpha value is -2.69. The molecule has 0 saturated heterocycles. The third-order valence-electron chi connectivity index (χ3n) is 2.87. The van der Waals surface area contributed by atoms with Gasteiger partial charge in [-0.1, -0.05) is 12.1 Å². The Balaban J connectivity index is 1.81. The fourth-order valence-electron chi connectivity index (χ4n) is 1.95. The molecule has 0 saturated carbocycles. The van der Waals surface area contributed by atoms with Gasteiger partial charge in [0, 0.05) is 11.8 Å². The number of benzene rings is 2. The summed E-state index contributed by atoms with van der Waals surface area (Å²) in [5, 5.41) is 0. The molecular weight excluding hydrogens is 256 g/mol. The first kappa shape index (κ1) is 12.3. The fourth-order valence-corrected chi connectivity index (χ4v) is 1.95. The van der Waals surface area contributed by atoms with Crippen LogP contribution in [0.4, 0.5) is 5.69 Å². The summed E-state index contributed by atoms with van der Waals surface area (Å²) < 4.78 is 16.5. The summed E-state index contributed by atoms with van der Waals surface area (Å²) in [7, 11) is 1.60. The van der Waals surface area contributed by atoms with Crippen LogP contribution in [0, 0.1) is 0 Å². The van der Waals surface area contributed by atoms with Gasteiger partial charge in [-0.25, -0.2) is 4.98 Å². The Kier molecular flexibility index (Phi) is 3.16. The van der Waals surface area contributed by atoms with Gasteiger partial charge in [0.2, 0.25) is 5.89 Å². The van der Waals surface area contributed by atoms with Crippen LogP contribution in [0.5, 0.6) is 11.5 Å². The van der Waals surface area contributed by atoms with Crippen molar-refractivity contribution in [3.63, 3.8) is 0 Å². The fraction of sp³-hybridized carbons (Fsp3) is 0.133. The Labute approximate surface area is 115 Å². The second-order valence-electron chi connectivity index (χ2n) is 4.28. The van der Waals surface area contributed by atoms with Crippen LogP contribution < -0.4 is 15.2 Å². The van der Waals surface area contributed by atoms with Crippen molar-refractivity contribution in [1.82, 2.24) is 4.98 Å². The minimum absolute atomic E-state index is 0.237. The van der Waals surface area contributed by atoms with Crippen molar-refractivity contribution in [3.8, 4) is 11.5 Å². The number of anilines is 1. The average Bonchev–Trinajstić information content (AvgIpc) is 2.88. The molecule has 1 aromatic heterocycles. The summed E-state index contributed by atoms with van der Waals surface area (Å²) in [6, 6.07) is 12.8. The molecule has 0 spiro atoms. The molecule has 5 nitrogen and oxygen atoms in total. The van der Waals surface area contributed by atoms with Crippen molar-refractivity contribution in [2.45, 2.75) is 6.61 Å². The number of fused-ring (bicyclic) bond motifs is 1. The zero-order valence-electron chi connectivity index (χ0n) is 11.0. The van der Waals surface area contributed by atoms with Crippen molar-refractivity contribution in [2.75, 3.05) is 12.8 Å². The van der Waals surface area contributed by atoms with E-state index in [0.29, 0.717) is 34.2 Å². The van der Waals surface area contributed by atoms with Gasteiger partial charge in [-0.15, -0.1) is 0 Å². The molecule has 102 valence electrons. The number of nitrogens with zero attached hydrogens (tertiary/aromatic N) is 1. The maximum absolute atomic E-state index is 5.69. The monoisotopic (exact) mass is 270 g/mol. The maximum Gasteiger partial charge on any atom is 0.233 e. The van der Waals surface area contributed by atoms with E-state index in [1.165, 1.54) is 0 Å². The molecule has 2 aromatic carbocycles. The Morgan fingerprint density at radius 1 is 1.20 bits per heavy atom. The number of hydrogen-bond acceptors (Lipinski definition) is 5. The molecule has 3 aromatic rings. The highest BCUT2D eigenvalue weighted by Gasteiger charge is 2.10. The molecule has 20 heavy (non-hydrogen) atoms. The lowest BCUT2D eigenvalue weighted by Crippen LogP contribution is -1.96. The average molecular weight is 270 g/mol. The van der Waals surface area contributed by atoms with Crippen molar-refractivity contribution in [1.29, 1.82) is 0 Å². The van der Waals surface area contributed by atoms with Crippen LogP contribution in [-0.2, 0) is 6.61 Å². The van der Waals surface area contributed by atoms with E-state index < -0.39 is 0 Å². The summed E-state index contributed by atoms with van der Waals surface area (Å²) in [5.74, 6) is 1.85. The molecule has 1 heterocycles. The van der Waals surface area contributed by atoms with Crippen LogP contribution in [-0.4, -0.2) is 12.1 Å². The highest BCUT2D eigenvalue weighted by atomic mass is 16.5. The van der Waals surface area contributed by atoms with Gasteiger partial charge in [0.25, 0.3) is 0 Å². The highest BCUT2D eigenvalue weighted by molar-refractivity contribution is 5.79. The summed E-state index contributed by atoms with van der Waals surface area (Å²) in [4.78, 5) is 4.37. The predicted molar refractivity (Wildman–Crippen MR) is 75.7 cm³/mol. The first-order chi connectivity index (χ1) is 9.76. The van der Waals surface area contributed by atoms with Gasteiger partial charge in [-0.2, -0.15) is 0 Å². The molecule has 3 rings (SSSR count). The molecule has 0 atom stereocenters. The lowest BCUT2D eigenvalue weighted by Gasteiger charge is -2.03. The molecule has 0 fully saturated rings. The molecule has 0 aliphatic heterocycles. The number of methoxy groups -OCH3 is 1. The molecular formula is C15H14N2O3. The van der Waals surface area contributed by atoms with Crippen molar-refractivity contribution < 1.29 is 13.9 Å². The molecule has 0 amide bonds. The lowest BCUT2D eigenvalue weighted by atomic mass is 10.3. The predicted octanol–water partition coefficient (Wildman–Crippen LogP) is 3.00. The number of rotatable bonds is 4. The first-order valence-electron chi connectivity index (χ1n) is 6.17. The minimum Gasteiger partial charge on any atom is -0.494 e. The lowest BCUT2D eigenvalue weighted by molar-refractivity contribution is 0.267. The molecule has 0 unspecified atom stereocenters. The van der Waals surface area contributed by atoms with E-state index in [1.807, 2.05) is 30.3 Å². The number of hydrogen-bond donors (Lipinski definition) is 1. The van der Waals surface area contributed by atoms with E-state index in [1.54, 1.807) is 19.2 Å². The van der Waals surface area contributed by atoms with Gasteiger partial charge in [-0.3, -0.25) is 0 Å². The van der Waals surface area contributed by atoms with E-state index in [-0.39, 0.29) is 6.61 Å². The quantitative estimate of drug-likeness (QED) is 0.738. The number of ether oxygens (including phenoxy) is 2. The van der Waals surface area contributed by atoms with E-state index in [2.05, 4.69) is 4.98 Å². The van der Waals surface area contributed by atoms with Crippen LogP contribution in [0.15, 0.2) is 46.9 Å². The van der Waals surface area contributed by atoms with Crippen LogP contribution in [0.1, 0.15) is 5.89 Å².